The monoisotopic (exact) mass is 782 g/mol. The molecule has 15 nitrogen and oxygen atoms in total. The Morgan fingerprint density at radius 1 is 1.09 bits per heavy atom. The summed E-state index contributed by atoms with van der Waals surface area (Å²) in [6.45, 7) is 9.85. The number of benzene rings is 1. The van der Waals surface area contributed by atoms with E-state index >= 15 is 0 Å². The smallest absolute Gasteiger partial charge is 0.267 e. The maximum absolute atomic E-state index is 14.3. The first-order valence-corrected chi connectivity index (χ1v) is 19.7. The molecule has 1 saturated heterocycles. The molecule has 0 spiro atoms. The number of methoxy groups -OCH3 is 1. The fraction of sp³-hybridized carbons (Fsp3) is 0.450. The van der Waals surface area contributed by atoms with E-state index in [4.69, 9.17) is 9.72 Å². The van der Waals surface area contributed by atoms with Crippen LogP contribution in [0, 0.1) is 5.92 Å². The molecule has 0 bridgehead atoms. The van der Waals surface area contributed by atoms with E-state index in [9.17, 15) is 14.4 Å². The number of hydrogen-bond acceptors (Lipinski definition) is 12. The van der Waals surface area contributed by atoms with Crippen molar-refractivity contribution in [3.05, 3.63) is 86.5 Å². The molecule has 5 aromatic rings. The summed E-state index contributed by atoms with van der Waals surface area (Å²) in [5.41, 5.74) is 2.43. The lowest BCUT2D eigenvalue weighted by Crippen LogP contribution is -2.42. The summed E-state index contributed by atoms with van der Waals surface area (Å²) in [6, 6.07) is 10.9. The second-order valence-corrected chi connectivity index (χ2v) is 17.2. The van der Waals surface area contributed by atoms with Crippen molar-refractivity contribution in [3.63, 3.8) is 0 Å². The highest BCUT2D eigenvalue weighted by Crippen LogP contribution is 2.29. The Morgan fingerprint density at radius 2 is 1.88 bits per heavy atom. The molecule has 4 aromatic heterocycles. The van der Waals surface area contributed by atoms with Crippen molar-refractivity contribution >= 4 is 51.8 Å². The Hall–Kier alpha value is -5.32. The molecule has 0 saturated carbocycles. The molecular formula is C40H52N11O4S+. The highest BCUT2D eigenvalue weighted by atomic mass is 32.1. The van der Waals surface area contributed by atoms with Gasteiger partial charge < -0.3 is 19.4 Å². The van der Waals surface area contributed by atoms with Crippen molar-refractivity contribution in [2.75, 3.05) is 71.2 Å². The third-order valence-electron chi connectivity index (χ3n) is 9.67. The van der Waals surface area contributed by atoms with Gasteiger partial charge in [0.25, 0.3) is 11.5 Å². The number of likely N-dealkylation sites (N-methyl/N-ethyl adjacent to an activating group) is 1. The molecule has 1 unspecified atom stereocenters. The zero-order chi connectivity index (χ0) is 40.0. The molecule has 16 heteroatoms. The molecule has 0 aliphatic carbocycles. The lowest BCUT2D eigenvalue weighted by Gasteiger charge is -2.34. The normalized spacial score (nSPS) is 15.1. The minimum absolute atomic E-state index is 0.0960. The number of hydrogen-bond donors (Lipinski definition) is 2. The largest absolute Gasteiger partial charge is 0.497 e. The van der Waals surface area contributed by atoms with Crippen LogP contribution >= 0.6 is 11.3 Å². The lowest BCUT2D eigenvalue weighted by molar-refractivity contribution is -0.869. The Labute approximate surface area is 331 Å². The van der Waals surface area contributed by atoms with E-state index in [2.05, 4.69) is 78.0 Å². The number of fused-ring (bicyclic) bond motifs is 1. The number of thiazole rings is 1. The van der Waals surface area contributed by atoms with E-state index in [1.54, 1.807) is 42.3 Å². The number of tetrazole rings is 1. The van der Waals surface area contributed by atoms with Gasteiger partial charge in [0.05, 0.1) is 59.1 Å². The molecule has 1 aliphatic rings. The van der Waals surface area contributed by atoms with Crippen LogP contribution in [0.4, 0.5) is 10.9 Å². The SMILES string of the molecule is COc1ccc(Cn2nnnc2C=Cc2c(N3CCCC(CC(=O)CNCC[N+](C)(C)C)C3)nc3cc(C(=O)Nc4nc(C(C)(C)C)cs4)ccn3c2=O)cc1. The van der Waals surface area contributed by atoms with Crippen LogP contribution in [-0.4, -0.2) is 112 Å². The molecule has 1 aromatic carbocycles. The molecule has 0 radical (unpaired) electrons. The van der Waals surface area contributed by atoms with E-state index in [1.807, 2.05) is 29.6 Å². The summed E-state index contributed by atoms with van der Waals surface area (Å²) < 4.78 is 9.20. The van der Waals surface area contributed by atoms with Crippen LogP contribution in [0.3, 0.4) is 0 Å². The first-order valence-electron chi connectivity index (χ1n) is 18.9. The van der Waals surface area contributed by atoms with Gasteiger partial charge in [-0.1, -0.05) is 32.9 Å². The van der Waals surface area contributed by atoms with Crippen LogP contribution in [0.15, 0.2) is 52.8 Å². The number of ether oxygens (including phenoxy) is 1. The molecule has 1 aliphatic heterocycles. The quantitative estimate of drug-likeness (QED) is 0.115. The zero-order valence-electron chi connectivity index (χ0n) is 33.3. The Kier molecular flexibility index (Phi) is 12.4. The Morgan fingerprint density at radius 3 is 2.59 bits per heavy atom. The number of piperidine rings is 1. The zero-order valence-corrected chi connectivity index (χ0v) is 34.1. The summed E-state index contributed by atoms with van der Waals surface area (Å²) in [5, 5.41) is 20.9. The van der Waals surface area contributed by atoms with Crippen LogP contribution < -0.4 is 25.8 Å². The number of carbonyl (C=O) groups excluding carboxylic acids is 2. The predicted molar refractivity (Wildman–Crippen MR) is 219 cm³/mol. The van der Waals surface area contributed by atoms with Crippen LogP contribution in [0.2, 0.25) is 0 Å². The minimum atomic E-state index is -0.350. The van der Waals surface area contributed by atoms with Crippen molar-refractivity contribution in [1.29, 1.82) is 0 Å². The maximum atomic E-state index is 14.3. The average molecular weight is 783 g/mol. The lowest BCUT2D eigenvalue weighted by atomic mass is 9.92. The van der Waals surface area contributed by atoms with Gasteiger partial charge in [-0.05, 0) is 71.2 Å². The molecule has 5 heterocycles. The van der Waals surface area contributed by atoms with Gasteiger partial charge in [-0.15, -0.1) is 16.4 Å². The first-order chi connectivity index (χ1) is 26.7. The van der Waals surface area contributed by atoms with Gasteiger partial charge in [0.2, 0.25) is 0 Å². The van der Waals surface area contributed by atoms with Crippen molar-refractivity contribution in [2.24, 2.45) is 5.92 Å². The number of ketones is 1. The van der Waals surface area contributed by atoms with E-state index in [1.165, 1.54) is 15.7 Å². The maximum Gasteiger partial charge on any atom is 0.267 e. The third-order valence-corrected chi connectivity index (χ3v) is 10.4. The molecule has 1 amide bonds. The standard InChI is InChI=1S/C40H51N11O4S/c1-40(2,3)33-26-56-39(42-33)44-37(53)29-16-19-49-35(22-29)43-36(48-18-8-9-28(24-48)21-30(52)23-41-17-20-51(4,5)6)32(38(49)54)14-15-34-45-46-47-50(34)25-27-10-12-31(55-7)13-11-27/h10-16,19,22,26,28,41H,8-9,17-18,20-21,23-25H2,1-7H3/p+1. The predicted octanol–water partition coefficient (Wildman–Crippen LogP) is 4.39. The van der Waals surface area contributed by atoms with Gasteiger partial charge in [0.1, 0.15) is 23.0 Å². The molecule has 56 heavy (non-hydrogen) atoms. The third kappa shape index (κ3) is 10.3. The van der Waals surface area contributed by atoms with Gasteiger partial charge in [0.15, 0.2) is 11.0 Å². The fourth-order valence-electron chi connectivity index (χ4n) is 6.48. The van der Waals surface area contributed by atoms with Gasteiger partial charge in [0, 0.05) is 48.6 Å². The van der Waals surface area contributed by atoms with Gasteiger partial charge in [-0.25, -0.2) is 14.6 Å². The number of anilines is 2. The molecule has 2 N–H and O–H groups in total. The Bertz CT molecular complexity index is 2250. The first kappa shape index (κ1) is 40.3. The number of quaternary nitrogens is 1. The van der Waals surface area contributed by atoms with E-state index in [0.29, 0.717) is 66.1 Å². The van der Waals surface area contributed by atoms with Crippen molar-refractivity contribution < 1.29 is 18.8 Å². The second-order valence-electron chi connectivity index (χ2n) is 16.3. The minimum Gasteiger partial charge on any atom is -0.497 e. The highest BCUT2D eigenvalue weighted by Gasteiger charge is 2.27. The van der Waals surface area contributed by atoms with Gasteiger partial charge in [-0.3, -0.25) is 24.1 Å². The summed E-state index contributed by atoms with van der Waals surface area (Å²) in [4.78, 5) is 52.5. The molecule has 6 rings (SSSR count). The van der Waals surface area contributed by atoms with Crippen molar-refractivity contribution in [1.82, 2.24) is 39.9 Å². The van der Waals surface area contributed by atoms with Crippen molar-refractivity contribution in [3.8, 4) is 5.75 Å². The van der Waals surface area contributed by atoms with E-state index in [0.717, 1.165) is 47.4 Å². The summed E-state index contributed by atoms with van der Waals surface area (Å²) in [7, 11) is 8.00. The average Bonchev–Trinajstić information content (AvgIpc) is 3.82. The van der Waals surface area contributed by atoms with Crippen LogP contribution in [0.1, 0.15) is 73.0 Å². The number of amides is 1. The van der Waals surface area contributed by atoms with E-state index < -0.39 is 0 Å². The molecule has 1 atom stereocenters. The number of rotatable bonds is 15. The number of nitrogens with one attached hydrogen (secondary N) is 2. The highest BCUT2D eigenvalue weighted by molar-refractivity contribution is 7.14. The summed E-state index contributed by atoms with van der Waals surface area (Å²) in [5.74, 6) is 1.60. The topological polar surface area (TPSA) is 162 Å². The molecular weight excluding hydrogens is 731 g/mol. The van der Waals surface area contributed by atoms with Crippen LogP contribution in [0.5, 0.6) is 5.75 Å². The number of nitrogens with zero attached hydrogens (tertiary/aromatic N) is 9. The second kappa shape index (κ2) is 17.2. The molecule has 1 fully saturated rings. The summed E-state index contributed by atoms with van der Waals surface area (Å²) >= 11 is 1.37. The van der Waals surface area contributed by atoms with Gasteiger partial charge in [-0.2, -0.15) is 0 Å². The molecule has 296 valence electrons. The van der Waals surface area contributed by atoms with E-state index in [-0.39, 0.29) is 28.6 Å². The fourth-order valence-corrected chi connectivity index (χ4v) is 7.41. The van der Waals surface area contributed by atoms with Crippen molar-refractivity contribution in [2.45, 2.75) is 52.0 Å². The Balaban J connectivity index is 1.29. The van der Waals surface area contributed by atoms with Crippen LogP contribution in [-0.2, 0) is 16.8 Å². The van der Waals surface area contributed by atoms with Gasteiger partial charge >= 0.3 is 0 Å². The number of pyridine rings is 1. The number of Topliss-reactive ketones (excluding diaryl/α,β-unsaturated/α-hetero) is 1. The number of carbonyl (C=O) groups is 2. The summed E-state index contributed by atoms with van der Waals surface area (Å²) in [6.07, 6.45) is 7.16. The number of aromatic nitrogens is 7. The van der Waals surface area contributed by atoms with Crippen LogP contribution in [0.25, 0.3) is 17.8 Å².